The van der Waals surface area contributed by atoms with Crippen molar-refractivity contribution in [2.75, 3.05) is 0 Å². The predicted molar refractivity (Wildman–Crippen MR) is 82.4 cm³/mol. The van der Waals surface area contributed by atoms with E-state index in [1.807, 2.05) is 0 Å². The first-order valence-corrected chi connectivity index (χ1v) is 6.76. The maximum Gasteiger partial charge on any atom is 0.0671 e. The Morgan fingerprint density at radius 1 is 0.842 bits per heavy atom. The molecule has 0 bridgehead atoms. The topological polar surface area (TPSA) is 12.4 Å². The van der Waals surface area contributed by atoms with E-state index in [-0.39, 0.29) is 5.41 Å². The van der Waals surface area contributed by atoms with Gasteiger partial charge >= 0.3 is 0 Å². The summed E-state index contributed by atoms with van der Waals surface area (Å²) in [5.41, 5.74) is 7.55. The molecule has 1 aliphatic rings. The van der Waals surface area contributed by atoms with Gasteiger partial charge in [-0.2, -0.15) is 0 Å². The van der Waals surface area contributed by atoms with E-state index < -0.39 is 0 Å². The highest BCUT2D eigenvalue weighted by atomic mass is 14.8. The van der Waals surface area contributed by atoms with Crippen LogP contribution < -0.4 is 0 Å². The van der Waals surface area contributed by atoms with E-state index in [4.69, 9.17) is 0 Å². The molecule has 0 amide bonds. The van der Waals surface area contributed by atoms with Gasteiger partial charge in [-0.05, 0) is 42.7 Å². The van der Waals surface area contributed by atoms with Gasteiger partial charge in [0.25, 0.3) is 0 Å². The minimum atomic E-state index is 0.0516. The molecule has 0 unspecified atom stereocenters. The third-order valence-corrected chi connectivity index (χ3v) is 4.25. The molecule has 0 aliphatic carbocycles. The number of fused-ring (bicyclic) bond motifs is 1. The highest BCUT2D eigenvalue weighted by molar-refractivity contribution is 6.00. The Kier molecular flexibility index (Phi) is 2.60. The minimum Gasteiger partial charge on any atom is -0.257 e. The molecule has 0 radical (unpaired) electrons. The molecule has 3 rings (SSSR count). The fraction of sp³-hybridized carbons (Fsp3) is 0.278. The number of hydrogen-bond acceptors (Lipinski definition) is 1. The first-order valence-electron chi connectivity index (χ1n) is 6.76. The molecule has 96 valence electrons. The Bertz CT molecular complexity index is 661. The van der Waals surface area contributed by atoms with Crippen molar-refractivity contribution >= 4 is 11.4 Å². The Hall–Kier alpha value is -1.89. The summed E-state index contributed by atoms with van der Waals surface area (Å²) in [4.78, 5) is 4.67. The molecule has 0 atom stereocenters. The zero-order chi connectivity index (χ0) is 13.6. The normalized spacial score (nSPS) is 16.1. The maximum absolute atomic E-state index is 4.67. The Labute approximate surface area is 115 Å². The van der Waals surface area contributed by atoms with Crippen molar-refractivity contribution in [1.82, 2.24) is 0 Å². The van der Waals surface area contributed by atoms with Gasteiger partial charge < -0.3 is 0 Å². The van der Waals surface area contributed by atoms with Crippen LogP contribution >= 0.6 is 0 Å². The Morgan fingerprint density at radius 2 is 1.47 bits per heavy atom. The average molecular weight is 249 g/mol. The highest BCUT2D eigenvalue weighted by Gasteiger charge is 2.32. The zero-order valence-corrected chi connectivity index (χ0v) is 12.0. The summed E-state index contributed by atoms with van der Waals surface area (Å²) in [6.07, 6.45) is 0. The van der Waals surface area contributed by atoms with Crippen LogP contribution in [0, 0.1) is 6.92 Å². The summed E-state index contributed by atoms with van der Waals surface area (Å²) >= 11 is 0. The maximum atomic E-state index is 4.67. The van der Waals surface area contributed by atoms with E-state index in [1.54, 1.807) is 0 Å². The van der Waals surface area contributed by atoms with Gasteiger partial charge in [0.05, 0.1) is 5.69 Å². The number of aryl methyl sites for hydroxylation is 1. The first-order chi connectivity index (χ1) is 8.98. The molecule has 0 N–H and O–H groups in total. The smallest absolute Gasteiger partial charge is 0.0671 e. The molecule has 1 heteroatoms. The number of hydrogen-bond donors (Lipinski definition) is 0. The molecular weight excluding hydrogens is 230 g/mol. The van der Waals surface area contributed by atoms with Gasteiger partial charge in [0, 0.05) is 11.1 Å². The van der Waals surface area contributed by atoms with Crippen molar-refractivity contribution in [1.29, 1.82) is 0 Å². The predicted octanol–water partition coefficient (Wildman–Crippen LogP) is 5.05. The van der Waals surface area contributed by atoms with E-state index >= 15 is 0 Å². The Balaban J connectivity index is 2.10. The molecule has 1 heterocycles. The summed E-state index contributed by atoms with van der Waals surface area (Å²) in [5.74, 6) is 0. The fourth-order valence-corrected chi connectivity index (χ4v) is 2.58. The molecule has 0 fully saturated rings. The second-order valence-corrected chi connectivity index (χ2v) is 5.92. The summed E-state index contributed by atoms with van der Waals surface area (Å²) in [6.45, 7) is 8.73. The van der Waals surface area contributed by atoms with Crippen LogP contribution in [0.15, 0.2) is 47.5 Å². The average Bonchev–Trinajstić information content (AvgIpc) is 2.61. The van der Waals surface area contributed by atoms with Crippen molar-refractivity contribution in [2.45, 2.75) is 33.1 Å². The van der Waals surface area contributed by atoms with Gasteiger partial charge in [0.2, 0.25) is 0 Å². The molecular formula is C18H19N. The number of rotatable bonds is 1. The lowest BCUT2D eigenvalue weighted by Gasteiger charge is -2.20. The van der Waals surface area contributed by atoms with Crippen molar-refractivity contribution in [3.8, 4) is 11.1 Å². The summed E-state index contributed by atoms with van der Waals surface area (Å²) in [6, 6.07) is 15.3. The molecule has 1 aliphatic heterocycles. The summed E-state index contributed by atoms with van der Waals surface area (Å²) in [7, 11) is 0. The van der Waals surface area contributed by atoms with Crippen LogP contribution in [0.3, 0.4) is 0 Å². The van der Waals surface area contributed by atoms with Crippen LogP contribution in [-0.2, 0) is 5.41 Å². The molecule has 1 nitrogen and oxygen atoms in total. The van der Waals surface area contributed by atoms with Crippen LogP contribution in [0.2, 0.25) is 0 Å². The molecule has 2 aromatic rings. The second kappa shape index (κ2) is 4.06. The number of nitrogens with zero attached hydrogens (tertiary/aromatic N) is 1. The van der Waals surface area contributed by atoms with E-state index in [1.165, 1.54) is 28.0 Å². The lowest BCUT2D eigenvalue weighted by Crippen LogP contribution is -2.22. The molecule has 0 aromatic heterocycles. The summed E-state index contributed by atoms with van der Waals surface area (Å²) < 4.78 is 0. The van der Waals surface area contributed by atoms with Gasteiger partial charge in [0.15, 0.2) is 0 Å². The lowest BCUT2D eigenvalue weighted by atomic mass is 9.81. The highest BCUT2D eigenvalue weighted by Crippen LogP contribution is 2.41. The van der Waals surface area contributed by atoms with Crippen molar-refractivity contribution in [3.63, 3.8) is 0 Å². The Morgan fingerprint density at radius 3 is 2.16 bits per heavy atom. The third-order valence-electron chi connectivity index (χ3n) is 4.25. The van der Waals surface area contributed by atoms with Crippen LogP contribution in [0.25, 0.3) is 11.1 Å². The molecule has 0 saturated heterocycles. The van der Waals surface area contributed by atoms with Crippen molar-refractivity contribution < 1.29 is 0 Å². The van der Waals surface area contributed by atoms with Crippen LogP contribution in [0.1, 0.15) is 31.9 Å². The van der Waals surface area contributed by atoms with Crippen molar-refractivity contribution in [3.05, 3.63) is 53.6 Å². The lowest BCUT2D eigenvalue weighted by molar-refractivity contribution is 0.733. The van der Waals surface area contributed by atoms with E-state index in [0.717, 1.165) is 5.69 Å². The van der Waals surface area contributed by atoms with E-state index in [9.17, 15) is 0 Å². The summed E-state index contributed by atoms with van der Waals surface area (Å²) in [5, 5.41) is 0. The molecule has 0 spiro atoms. The first kappa shape index (κ1) is 12.2. The van der Waals surface area contributed by atoms with E-state index in [0.29, 0.717) is 0 Å². The quantitative estimate of drug-likeness (QED) is 0.671. The van der Waals surface area contributed by atoms with Gasteiger partial charge in [-0.3, -0.25) is 4.99 Å². The standard InChI is InChI=1S/C18H19N/c1-12-5-7-14(8-6-12)15-9-10-17-16(11-15)18(3,4)13(2)19-17/h5-11H,1-4H3. The molecule has 0 saturated carbocycles. The van der Waals surface area contributed by atoms with Crippen LogP contribution in [-0.4, -0.2) is 5.71 Å². The second-order valence-electron chi connectivity index (χ2n) is 5.92. The third kappa shape index (κ3) is 1.90. The number of aliphatic imine (C=N–C) groups is 1. The van der Waals surface area contributed by atoms with Crippen molar-refractivity contribution in [2.24, 2.45) is 4.99 Å². The monoisotopic (exact) mass is 249 g/mol. The van der Waals surface area contributed by atoms with Crippen LogP contribution in [0.4, 0.5) is 5.69 Å². The zero-order valence-electron chi connectivity index (χ0n) is 12.0. The van der Waals surface area contributed by atoms with E-state index in [2.05, 4.69) is 75.2 Å². The number of benzene rings is 2. The molecule has 2 aromatic carbocycles. The van der Waals surface area contributed by atoms with Gasteiger partial charge in [-0.15, -0.1) is 0 Å². The SMILES string of the molecule is CC1=Nc2ccc(-c3ccc(C)cc3)cc2C1(C)C. The largest absolute Gasteiger partial charge is 0.257 e. The van der Waals surface area contributed by atoms with Gasteiger partial charge in [-0.1, -0.05) is 49.7 Å². The van der Waals surface area contributed by atoms with Gasteiger partial charge in [-0.25, -0.2) is 0 Å². The van der Waals surface area contributed by atoms with Gasteiger partial charge in [0.1, 0.15) is 0 Å². The van der Waals surface area contributed by atoms with Crippen LogP contribution in [0.5, 0.6) is 0 Å². The molecule has 19 heavy (non-hydrogen) atoms. The fourth-order valence-electron chi connectivity index (χ4n) is 2.58. The minimum absolute atomic E-state index is 0.0516.